The smallest absolute Gasteiger partial charge is 0.306 e. The van der Waals surface area contributed by atoms with Crippen LogP contribution in [-0.2, 0) is 14.3 Å². The molecule has 0 aliphatic rings. The fraction of sp³-hybridized carbons (Fsp3) is 0.912. The second kappa shape index (κ2) is 27.7. The molecule has 0 bridgehead atoms. The Morgan fingerprint density at radius 2 is 1.00 bits per heavy atom. The molecule has 0 saturated carbocycles. The van der Waals surface area contributed by atoms with E-state index < -0.39 is 0 Å². The molecule has 0 atom stereocenters. The van der Waals surface area contributed by atoms with Crippen molar-refractivity contribution in [1.82, 2.24) is 0 Å². The van der Waals surface area contributed by atoms with E-state index in [0.29, 0.717) is 19.6 Å². The Morgan fingerprint density at radius 1 is 0.579 bits per heavy atom. The fourth-order valence-electron chi connectivity index (χ4n) is 4.83. The van der Waals surface area contributed by atoms with Crippen LogP contribution in [0.15, 0.2) is 12.2 Å². The van der Waals surface area contributed by atoms with Crippen LogP contribution >= 0.6 is 0 Å². The molecule has 0 radical (unpaired) electrons. The number of nitrogens with zero attached hydrogens (tertiary/aromatic N) is 1. The molecule has 0 amide bonds. The van der Waals surface area contributed by atoms with Gasteiger partial charge in [0.15, 0.2) is 0 Å². The molecule has 4 heteroatoms. The maximum absolute atomic E-state index is 12.0. The van der Waals surface area contributed by atoms with Crippen LogP contribution in [0.25, 0.3) is 0 Å². The first kappa shape index (κ1) is 37.1. The van der Waals surface area contributed by atoms with Gasteiger partial charge in [-0.25, -0.2) is 0 Å². The molecule has 0 unspecified atom stereocenters. The minimum Gasteiger partial charge on any atom is -0.461 e. The fourth-order valence-corrected chi connectivity index (χ4v) is 4.83. The molecule has 0 N–H and O–H groups in total. The van der Waals surface area contributed by atoms with E-state index in [1.54, 1.807) is 0 Å². The number of rotatable bonds is 30. The van der Waals surface area contributed by atoms with Crippen molar-refractivity contribution in [2.24, 2.45) is 0 Å². The summed E-state index contributed by atoms with van der Waals surface area (Å²) in [5.74, 6) is -0.0987. The predicted octanol–water partition coefficient (Wildman–Crippen LogP) is 9.80. The molecule has 0 heterocycles. The summed E-state index contributed by atoms with van der Waals surface area (Å²) in [5, 5.41) is 0. The van der Waals surface area contributed by atoms with Crippen LogP contribution in [0.2, 0.25) is 0 Å². The lowest BCUT2D eigenvalue weighted by Crippen LogP contribution is -2.35. The van der Waals surface area contributed by atoms with Gasteiger partial charge in [-0.1, -0.05) is 129 Å². The van der Waals surface area contributed by atoms with Crippen molar-refractivity contribution in [2.45, 2.75) is 155 Å². The molecule has 4 nitrogen and oxygen atoms in total. The molecule has 0 aromatic heterocycles. The zero-order valence-corrected chi connectivity index (χ0v) is 26.5. The monoisotopic (exact) mass is 539 g/mol. The normalized spacial score (nSPS) is 11.7. The van der Waals surface area contributed by atoms with Gasteiger partial charge in [0.05, 0.1) is 34.3 Å². The van der Waals surface area contributed by atoms with E-state index >= 15 is 0 Å². The van der Waals surface area contributed by atoms with Crippen molar-refractivity contribution in [3.05, 3.63) is 12.2 Å². The van der Waals surface area contributed by atoms with Crippen LogP contribution in [0.1, 0.15) is 155 Å². The number of carbonyl (C=O) groups is 1. The quantitative estimate of drug-likeness (QED) is 0.0395. The summed E-state index contributed by atoms with van der Waals surface area (Å²) in [6, 6.07) is 0. The highest BCUT2D eigenvalue weighted by atomic mass is 16.5. The maximum Gasteiger partial charge on any atom is 0.306 e. The van der Waals surface area contributed by atoms with E-state index in [1.807, 2.05) is 0 Å². The summed E-state index contributed by atoms with van der Waals surface area (Å²) in [6.07, 6.45) is 29.6. The third-order valence-corrected chi connectivity index (χ3v) is 7.35. The summed E-state index contributed by atoms with van der Waals surface area (Å²) in [6.45, 7) is 9.12. The van der Waals surface area contributed by atoms with Crippen molar-refractivity contribution in [3.8, 4) is 0 Å². The van der Waals surface area contributed by atoms with Gasteiger partial charge in [0.2, 0.25) is 0 Å². The van der Waals surface area contributed by atoms with Crippen molar-refractivity contribution >= 4 is 5.97 Å². The third kappa shape index (κ3) is 31.3. The van der Waals surface area contributed by atoms with Crippen LogP contribution < -0.4 is 0 Å². The first-order valence-electron chi connectivity index (χ1n) is 16.6. The summed E-state index contributed by atoms with van der Waals surface area (Å²) >= 11 is 0. The molecule has 0 rings (SSSR count). The lowest BCUT2D eigenvalue weighted by Gasteiger charge is -2.23. The maximum atomic E-state index is 12.0. The van der Waals surface area contributed by atoms with E-state index in [2.05, 4.69) is 34.6 Å². The Balaban J connectivity index is 3.30. The predicted molar refractivity (Wildman–Crippen MR) is 166 cm³/mol. The van der Waals surface area contributed by atoms with Crippen molar-refractivity contribution in [1.29, 1.82) is 0 Å². The topological polar surface area (TPSA) is 35.5 Å². The molecular formula is C34H68NO3+. The standard InChI is InChI=1S/C34H68NO3/c1-6-7-8-9-10-11-12-13-14-15-18-21-24-27-30-37-31-33(2)32-38-34(36)28-25-22-19-16-17-20-23-26-29-35(3,4)5/h2,6-32H2,1,3-5H3/q+1. The third-order valence-electron chi connectivity index (χ3n) is 7.35. The molecule has 0 fully saturated rings. The first-order valence-corrected chi connectivity index (χ1v) is 16.6. The average Bonchev–Trinajstić information content (AvgIpc) is 2.87. The van der Waals surface area contributed by atoms with Gasteiger partial charge in [-0.15, -0.1) is 0 Å². The van der Waals surface area contributed by atoms with Crippen LogP contribution in [-0.4, -0.2) is 58.0 Å². The number of unbranched alkanes of at least 4 members (excludes halogenated alkanes) is 20. The minimum atomic E-state index is -0.0987. The largest absolute Gasteiger partial charge is 0.461 e. The lowest BCUT2D eigenvalue weighted by molar-refractivity contribution is -0.870. The zero-order valence-electron chi connectivity index (χ0n) is 26.5. The average molecular weight is 539 g/mol. The number of hydrogen-bond acceptors (Lipinski definition) is 3. The van der Waals surface area contributed by atoms with Crippen LogP contribution in [0.3, 0.4) is 0 Å². The summed E-state index contributed by atoms with van der Waals surface area (Å²) < 4.78 is 12.1. The molecule has 38 heavy (non-hydrogen) atoms. The minimum absolute atomic E-state index is 0.0987. The molecule has 226 valence electrons. The Labute approximate surface area is 238 Å². The van der Waals surface area contributed by atoms with E-state index in [-0.39, 0.29) is 5.97 Å². The number of esters is 1. The number of quaternary nitrogens is 1. The van der Waals surface area contributed by atoms with E-state index in [9.17, 15) is 4.79 Å². The van der Waals surface area contributed by atoms with Gasteiger partial charge in [-0.2, -0.15) is 0 Å². The van der Waals surface area contributed by atoms with Gasteiger partial charge in [0.25, 0.3) is 0 Å². The van der Waals surface area contributed by atoms with Crippen molar-refractivity contribution < 1.29 is 18.8 Å². The van der Waals surface area contributed by atoms with Crippen LogP contribution in [0, 0.1) is 0 Å². The lowest BCUT2D eigenvalue weighted by atomic mass is 10.0. The molecule has 0 aromatic carbocycles. The van der Waals surface area contributed by atoms with Gasteiger partial charge >= 0.3 is 5.97 Å². The highest BCUT2D eigenvalue weighted by Crippen LogP contribution is 2.13. The Bertz CT molecular complexity index is 526. The second-order valence-corrected chi connectivity index (χ2v) is 12.7. The summed E-state index contributed by atoms with van der Waals surface area (Å²) in [7, 11) is 6.78. The highest BCUT2D eigenvalue weighted by molar-refractivity contribution is 5.69. The van der Waals surface area contributed by atoms with E-state index in [0.717, 1.165) is 35.9 Å². The molecule has 0 aliphatic heterocycles. The highest BCUT2D eigenvalue weighted by Gasteiger charge is 2.06. The Hall–Kier alpha value is -0.870. The summed E-state index contributed by atoms with van der Waals surface area (Å²) in [4.78, 5) is 12.0. The number of hydrogen-bond donors (Lipinski definition) is 0. The molecule has 0 spiro atoms. The molecule has 0 saturated heterocycles. The summed E-state index contributed by atoms with van der Waals surface area (Å²) in [5.41, 5.74) is 0.856. The van der Waals surface area contributed by atoms with Gasteiger partial charge in [0.1, 0.15) is 6.61 Å². The van der Waals surface area contributed by atoms with Gasteiger partial charge in [-0.3, -0.25) is 4.79 Å². The molecule has 0 aliphatic carbocycles. The van der Waals surface area contributed by atoms with Crippen LogP contribution in [0.4, 0.5) is 0 Å². The van der Waals surface area contributed by atoms with E-state index in [1.165, 1.54) is 129 Å². The SMILES string of the molecule is C=C(COCCCCCCCCCCCCCCCC)COC(=O)CCCCCCCCCC[N+](C)(C)C. The first-order chi connectivity index (χ1) is 18.3. The second-order valence-electron chi connectivity index (χ2n) is 12.7. The number of carbonyl (C=O) groups excluding carboxylic acids is 1. The Kier molecular flexibility index (Phi) is 27.1. The Morgan fingerprint density at radius 3 is 1.47 bits per heavy atom. The number of ether oxygens (including phenoxy) is 2. The van der Waals surface area contributed by atoms with E-state index in [4.69, 9.17) is 9.47 Å². The molecule has 0 aromatic rings. The zero-order chi connectivity index (χ0) is 28.2. The molecular weight excluding hydrogens is 470 g/mol. The van der Waals surface area contributed by atoms with Crippen LogP contribution in [0.5, 0.6) is 0 Å². The van der Waals surface area contributed by atoms with Gasteiger partial charge in [-0.05, 0) is 31.3 Å². The van der Waals surface area contributed by atoms with Crippen molar-refractivity contribution in [2.75, 3.05) is 47.5 Å². The van der Waals surface area contributed by atoms with Gasteiger partial charge in [0, 0.05) is 13.0 Å². The van der Waals surface area contributed by atoms with Gasteiger partial charge < -0.3 is 14.0 Å². The van der Waals surface area contributed by atoms with Crippen molar-refractivity contribution in [3.63, 3.8) is 0 Å².